The number of carbonyl (C=O) groups excluding carboxylic acids is 1. The third-order valence-electron chi connectivity index (χ3n) is 5.66. The molecule has 0 spiro atoms. The van der Waals surface area contributed by atoms with Gasteiger partial charge in [0.1, 0.15) is 11.5 Å². The fourth-order valence-corrected chi connectivity index (χ4v) is 3.93. The van der Waals surface area contributed by atoms with Gasteiger partial charge in [-0.15, -0.1) is 11.6 Å². The number of ether oxygens (including phenoxy) is 2. The van der Waals surface area contributed by atoms with Crippen molar-refractivity contribution in [3.63, 3.8) is 0 Å². The third-order valence-corrected chi connectivity index (χ3v) is 5.93. The Kier molecular flexibility index (Phi) is 13.0. The first-order valence-corrected chi connectivity index (χ1v) is 12.7. The fraction of sp³-hybridized carbons (Fsp3) is 0.481. The van der Waals surface area contributed by atoms with Gasteiger partial charge >= 0.3 is 6.09 Å². The van der Waals surface area contributed by atoms with Crippen LogP contribution in [0, 0.1) is 0 Å². The Balaban J connectivity index is 0.000000269. The zero-order chi connectivity index (χ0) is 25.5. The fourth-order valence-electron chi connectivity index (χ4n) is 3.82. The van der Waals surface area contributed by atoms with Crippen molar-refractivity contribution in [2.24, 2.45) is 0 Å². The molecule has 1 unspecified atom stereocenters. The Bertz CT molecular complexity index is 907. The maximum absolute atomic E-state index is 11.0. The molecule has 0 bridgehead atoms. The summed E-state index contributed by atoms with van der Waals surface area (Å²) in [5.74, 6) is 2.41. The van der Waals surface area contributed by atoms with Crippen molar-refractivity contribution in [3.05, 3.63) is 59.7 Å². The highest BCUT2D eigenvalue weighted by Gasteiger charge is 2.25. The lowest BCUT2D eigenvalue weighted by Crippen LogP contribution is -2.44. The molecular weight excluding hydrogens is 468 g/mol. The first kappa shape index (κ1) is 28.5. The van der Waals surface area contributed by atoms with Crippen LogP contribution in [0.5, 0.6) is 11.5 Å². The van der Waals surface area contributed by atoms with Crippen LogP contribution in [0.25, 0.3) is 0 Å². The summed E-state index contributed by atoms with van der Waals surface area (Å²) in [6.45, 7) is 6.75. The van der Waals surface area contributed by atoms with Gasteiger partial charge in [0.2, 0.25) is 0 Å². The summed E-state index contributed by atoms with van der Waals surface area (Å²) in [4.78, 5) is 23.9. The second-order valence-electron chi connectivity index (χ2n) is 8.28. The molecule has 2 aromatic rings. The van der Waals surface area contributed by atoms with Crippen molar-refractivity contribution in [2.45, 2.75) is 52.1 Å². The van der Waals surface area contributed by atoms with E-state index in [1.54, 1.807) is 31.2 Å². The van der Waals surface area contributed by atoms with Gasteiger partial charge in [0.15, 0.2) is 5.78 Å². The Labute approximate surface area is 213 Å². The predicted octanol–water partition coefficient (Wildman–Crippen LogP) is 5.60. The number of likely N-dealkylation sites (tertiary alicyclic amines) is 1. The van der Waals surface area contributed by atoms with Crippen molar-refractivity contribution in [1.82, 2.24) is 10.2 Å². The Morgan fingerprint density at radius 3 is 2.46 bits per heavy atom. The van der Waals surface area contributed by atoms with Gasteiger partial charge in [0, 0.05) is 24.5 Å². The molecule has 1 atom stereocenters. The molecule has 2 N–H and O–H groups in total. The number of alkyl halides is 1. The lowest BCUT2D eigenvalue weighted by atomic mass is 10.1. The SMILES string of the molecule is CC(=O)c1ccc(OCCCCl)cc1.CCc1ccccc1OCCCN1CCCC1NC(=O)O. The van der Waals surface area contributed by atoms with Crippen molar-refractivity contribution < 1.29 is 24.2 Å². The average molecular weight is 505 g/mol. The van der Waals surface area contributed by atoms with Gasteiger partial charge in [-0.05, 0) is 74.9 Å². The second kappa shape index (κ2) is 16.0. The van der Waals surface area contributed by atoms with Crippen LogP contribution in [0.3, 0.4) is 0 Å². The normalized spacial score (nSPS) is 15.1. The zero-order valence-corrected chi connectivity index (χ0v) is 21.4. The van der Waals surface area contributed by atoms with Crippen molar-refractivity contribution in [1.29, 1.82) is 0 Å². The average Bonchev–Trinajstić information content (AvgIpc) is 3.29. The molecule has 0 aromatic heterocycles. The molecule has 192 valence electrons. The highest BCUT2D eigenvalue weighted by Crippen LogP contribution is 2.19. The summed E-state index contributed by atoms with van der Waals surface area (Å²) in [6, 6.07) is 15.2. The number of nitrogens with zero attached hydrogens (tertiary/aromatic N) is 1. The lowest BCUT2D eigenvalue weighted by molar-refractivity contribution is 0.101. The van der Waals surface area contributed by atoms with E-state index in [1.807, 2.05) is 18.2 Å². The highest BCUT2D eigenvalue weighted by molar-refractivity contribution is 6.17. The van der Waals surface area contributed by atoms with E-state index in [0.29, 0.717) is 24.7 Å². The third kappa shape index (κ3) is 10.6. The number of hydrogen-bond donors (Lipinski definition) is 2. The van der Waals surface area contributed by atoms with Crippen LogP contribution < -0.4 is 14.8 Å². The van der Waals surface area contributed by atoms with E-state index in [0.717, 1.165) is 56.7 Å². The molecule has 35 heavy (non-hydrogen) atoms. The van der Waals surface area contributed by atoms with Crippen molar-refractivity contribution in [2.75, 3.05) is 32.2 Å². The molecule has 1 amide bonds. The number of para-hydroxylation sites is 1. The number of halogens is 1. The minimum Gasteiger partial charge on any atom is -0.494 e. The molecule has 8 heteroatoms. The summed E-state index contributed by atoms with van der Waals surface area (Å²) in [7, 11) is 0. The second-order valence-corrected chi connectivity index (χ2v) is 8.66. The smallest absolute Gasteiger partial charge is 0.405 e. The molecule has 3 rings (SSSR count). The molecule has 7 nitrogen and oxygen atoms in total. The Morgan fingerprint density at radius 1 is 1.09 bits per heavy atom. The van der Waals surface area contributed by atoms with Gasteiger partial charge in [-0.3, -0.25) is 9.69 Å². The van der Waals surface area contributed by atoms with Crippen LogP contribution in [-0.2, 0) is 6.42 Å². The van der Waals surface area contributed by atoms with Gasteiger partial charge in [-0.25, -0.2) is 4.79 Å². The summed E-state index contributed by atoms with van der Waals surface area (Å²) in [6.07, 6.45) is 3.65. The number of aryl methyl sites for hydroxylation is 1. The number of carbonyl (C=O) groups is 2. The molecule has 0 aliphatic carbocycles. The number of nitrogens with one attached hydrogen (secondary N) is 1. The van der Waals surface area contributed by atoms with Crippen LogP contribution >= 0.6 is 11.6 Å². The topological polar surface area (TPSA) is 88.1 Å². The molecule has 1 heterocycles. The van der Waals surface area contributed by atoms with Crippen LogP contribution in [0.15, 0.2) is 48.5 Å². The van der Waals surface area contributed by atoms with Crippen LogP contribution in [-0.4, -0.2) is 60.2 Å². The first-order chi connectivity index (χ1) is 16.9. The summed E-state index contributed by atoms with van der Waals surface area (Å²) >= 11 is 5.51. The van der Waals surface area contributed by atoms with Gasteiger partial charge < -0.3 is 19.9 Å². The molecule has 0 radical (unpaired) electrons. The molecule has 2 aromatic carbocycles. The van der Waals surface area contributed by atoms with E-state index in [9.17, 15) is 9.59 Å². The van der Waals surface area contributed by atoms with Crippen LogP contribution in [0.1, 0.15) is 55.5 Å². The zero-order valence-electron chi connectivity index (χ0n) is 20.7. The van der Waals surface area contributed by atoms with E-state index in [-0.39, 0.29) is 11.9 Å². The molecule has 1 saturated heterocycles. The number of hydrogen-bond acceptors (Lipinski definition) is 5. The van der Waals surface area contributed by atoms with Gasteiger partial charge in [-0.1, -0.05) is 25.1 Å². The van der Waals surface area contributed by atoms with Crippen LogP contribution in [0.4, 0.5) is 4.79 Å². The van der Waals surface area contributed by atoms with Crippen molar-refractivity contribution in [3.8, 4) is 11.5 Å². The quantitative estimate of drug-likeness (QED) is 0.222. The minimum absolute atomic E-state index is 0.0366. The summed E-state index contributed by atoms with van der Waals surface area (Å²) in [5, 5.41) is 11.4. The number of carboxylic acid groups (broad SMARTS) is 1. The number of Topliss-reactive ketones (excluding diaryl/α,β-unsaturated/α-hetero) is 1. The number of ketones is 1. The van der Waals surface area contributed by atoms with E-state index >= 15 is 0 Å². The monoisotopic (exact) mass is 504 g/mol. The lowest BCUT2D eigenvalue weighted by Gasteiger charge is -2.24. The minimum atomic E-state index is -0.944. The molecule has 1 fully saturated rings. The van der Waals surface area contributed by atoms with Gasteiger partial charge in [0.25, 0.3) is 0 Å². The Morgan fingerprint density at radius 2 is 1.80 bits per heavy atom. The van der Waals surface area contributed by atoms with E-state index in [2.05, 4.69) is 23.2 Å². The standard InChI is InChI=1S/C16H24N2O3.C11H13ClO2/c1-2-13-7-3-4-8-14(13)21-12-6-11-18-10-5-9-15(18)17-16(19)20;1-9(13)10-3-5-11(6-4-10)14-8-2-7-12/h3-4,7-8,15,17H,2,5-6,9-12H2,1H3,(H,19,20);3-6H,2,7-8H2,1H3. The first-order valence-electron chi connectivity index (χ1n) is 12.2. The van der Waals surface area contributed by atoms with Crippen molar-refractivity contribution >= 4 is 23.5 Å². The summed E-state index contributed by atoms with van der Waals surface area (Å²) in [5.41, 5.74) is 1.93. The Hall–Kier alpha value is -2.77. The van der Waals surface area contributed by atoms with E-state index < -0.39 is 6.09 Å². The largest absolute Gasteiger partial charge is 0.494 e. The highest BCUT2D eigenvalue weighted by atomic mass is 35.5. The molecule has 1 aliphatic rings. The maximum Gasteiger partial charge on any atom is 0.405 e. The van der Waals surface area contributed by atoms with E-state index in [1.165, 1.54) is 5.56 Å². The molecule has 0 saturated carbocycles. The number of rotatable bonds is 12. The number of benzene rings is 2. The number of amides is 1. The molecular formula is C27H37ClN2O5. The van der Waals surface area contributed by atoms with E-state index in [4.69, 9.17) is 26.2 Å². The van der Waals surface area contributed by atoms with Gasteiger partial charge in [0.05, 0.1) is 19.4 Å². The molecule has 1 aliphatic heterocycles. The van der Waals surface area contributed by atoms with Crippen LogP contribution in [0.2, 0.25) is 0 Å². The predicted molar refractivity (Wildman–Crippen MR) is 139 cm³/mol. The maximum atomic E-state index is 11.0. The summed E-state index contributed by atoms with van der Waals surface area (Å²) < 4.78 is 11.2. The van der Waals surface area contributed by atoms with Gasteiger partial charge in [-0.2, -0.15) is 0 Å².